The second-order valence-electron chi connectivity index (χ2n) is 8.84. The molecule has 5 rings (SSSR count). The van der Waals surface area contributed by atoms with E-state index in [-0.39, 0.29) is 18.0 Å². The fourth-order valence-corrected chi connectivity index (χ4v) is 4.25. The highest BCUT2D eigenvalue weighted by atomic mass is 16.5. The molecule has 0 saturated carbocycles. The van der Waals surface area contributed by atoms with Gasteiger partial charge in [-0.05, 0) is 32.3 Å². The predicted octanol–water partition coefficient (Wildman–Crippen LogP) is 5.83. The summed E-state index contributed by atoms with van der Waals surface area (Å²) in [6.45, 7) is 3.90. The standard InChI is InChI=1S/C28H24O5/c1-28(2)14-13-20-23(33-28)16-24(31-17-22(29)19-11-7-4-8-12-19)26-21(15-25(30)32-27(20)26)18-9-5-3-6-10-18/h3-12,15-16H,13-14,17H2,1-2H3. The molecule has 1 aromatic heterocycles. The van der Waals surface area contributed by atoms with Crippen LogP contribution >= 0.6 is 0 Å². The maximum atomic E-state index is 12.7. The van der Waals surface area contributed by atoms with E-state index in [1.54, 1.807) is 12.1 Å². The van der Waals surface area contributed by atoms with Gasteiger partial charge in [0.1, 0.15) is 22.7 Å². The van der Waals surface area contributed by atoms with Gasteiger partial charge in [0.25, 0.3) is 0 Å². The van der Waals surface area contributed by atoms with E-state index in [1.807, 2.05) is 68.4 Å². The summed E-state index contributed by atoms with van der Waals surface area (Å²) >= 11 is 0. The summed E-state index contributed by atoms with van der Waals surface area (Å²) in [5, 5.41) is 0.670. The van der Waals surface area contributed by atoms with Crippen LogP contribution in [0.1, 0.15) is 36.2 Å². The van der Waals surface area contributed by atoms with Crippen LogP contribution in [0, 0.1) is 0 Å². The molecular formula is C28H24O5. The van der Waals surface area contributed by atoms with Crippen LogP contribution in [0.25, 0.3) is 22.1 Å². The van der Waals surface area contributed by atoms with Crippen molar-refractivity contribution in [3.05, 3.63) is 94.3 Å². The number of rotatable bonds is 5. The topological polar surface area (TPSA) is 65.7 Å². The third-order valence-electron chi connectivity index (χ3n) is 5.94. The summed E-state index contributed by atoms with van der Waals surface area (Å²) in [5.74, 6) is 0.934. The summed E-state index contributed by atoms with van der Waals surface area (Å²) < 4.78 is 18.0. The molecule has 5 nitrogen and oxygen atoms in total. The summed E-state index contributed by atoms with van der Waals surface area (Å²) in [4.78, 5) is 25.3. The summed E-state index contributed by atoms with van der Waals surface area (Å²) in [5.41, 5.74) is 2.66. The van der Waals surface area contributed by atoms with Gasteiger partial charge >= 0.3 is 5.63 Å². The Morgan fingerprint density at radius 1 is 1.00 bits per heavy atom. The average Bonchev–Trinajstić information content (AvgIpc) is 2.82. The molecule has 2 heterocycles. The number of ketones is 1. The van der Waals surface area contributed by atoms with Crippen molar-refractivity contribution in [3.8, 4) is 22.6 Å². The number of hydrogen-bond donors (Lipinski definition) is 0. The molecule has 0 atom stereocenters. The van der Waals surface area contributed by atoms with E-state index in [2.05, 4.69) is 0 Å². The molecule has 0 bridgehead atoms. The molecule has 0 fully saturated rings. The Balaban J connectivity index is 1.68. The van der Waals surface area contributed by atoms with Crippen molar-refractivity contribution in [1.82, 2.24) is 0 Å². The normalized spacial score (nSPS) is 14.4. The number of carbonyl (C=O) groups excluding carboxylic acids is 1. The van der Waals surface area contributed by atoms with E-state index in [4.69, 9.17) is 13.9 Å². The molecule has 4 aromatic rings. The van der Waals surface area contributed by atoms with Gasteiger partial charge in [-0.1, -0.05) is 60.7 Å². The lowest BCUT2D eigenvalue weighted by Gasteiger charge is -2.33. The lowest BCUT2D eigenvalue weighted by molar-refractivity contribution is 0.0837. The third-order valence-corrected chi connectivity index (χ3v) is 5.94. The molecule has 0 radical (unpaired) electrons. The molecule has 0 saturated heterocycles. The zero-order valence-corrected chi connectivity index (χ0v) is 18.6. The van der Waals surface area contributed by atoms with E-state index < -0.39 is 5.63 Å². The fourth-order valence-electron chi connectivity index (χ4n) is 4.25. The fraction of sp³-hybridized carbons (Fsp3) is 0.214. The zero-order valence-electron chi connectivity index (χ0n) is 18.6. The molecular weight excluding hydrogens is 416 g/mol. The van der Waals surface area contributed by atoms with Crippen LogP contribution in [0.4, 0.5) is 0 Å². The van der Waals surface area contributed by atoms with Crippen molar-refractivity contribution >= 4 is 16.8 Å². The number of aryl methyl sites for hydroxylation is 1. The van der Waals surface area contributed by atoms with Gasteiger partial charge in [0.2, 0.25) is 0 Å². The van der Waals surface area contributed by atoms with E-state index in [9.17, 15) is 9.59 Å². The van der Waals surface area contributed by atoms with Gasteiger partial charge in [0.15, 0.2) is 12.4 Å². The first kappa shape index (κ1) is 21.0. The molecule has 33 heavy (non-hydrogen) atoms. The van der Waals surface area contributed by atoms with Crippen molar-refractivity contribution in [2.45, 2.75) is 32.3 Å². The lowest BCUT2D eigenvalue weighted by atomic mass is 9.91. The monoisotopic (exact) mass is 440 g/mol. The molecule has 0 spiro atoms. The molecule has 3 aromatic carbocycles. The average molecular weight is 440 g/mol. The van der Waals surface area contributed by atoms with Crippen molar-refractivity contribution in [2.75, 3.05) is 6.61 Å². The number of carbonyl (C=O) groups is 1. The number of Topliss-reactive ketones (excluding diaryl/α,β-unsaturated/α-hetero) is 1. The Morgan fingerprint density at radius 2 is 1.70 bits per heavy atom. The van der Waals surface area contributed by atoms with Crippen molar-refractivity contribution in [2.24, 2.45) is 0 Å². The number of ether oxygens (including phenoxy) is 2. The molecule has 1 aliphatic heterocycles. The highest BCUT2D eigenvalue weighted by Crippen LogP contribution is 2.44. The van der Waals surface area contributed by atoms with Crippen LogP contribution in [0.2, 0.25) is 0 Å². The third kappa shape index (κ3) is 4.14. The van der Waals surface area contributed by atoms with Crippen LogP contribution in [-0.2, 0) is 6.42 Å². The summed E-state index contributed by atoms with van der Waals surface area (Å²) in [6.07, 6.45) is 1.50. The summed E-state index contributed by atoms with van der Waals surface area (Å²) in [7, 11) is 0. The lowest BCUT2D eigenvalue weighted by Crippen LogP contribution is -2.32. The smallest absolute Gasteiger partial charge is 0.336 e. The molecule has 166 valence electrons. The van der Waals surface area contributed by atoms with Crippen LogP contribution in [0.5, 0.6) is 11.5 Å². The number of fused-ring (bicyclic) bond motifs is 3. The molecule has 0 aliphatic carbocycles. The maximum Gasteiger partial charge on any atom is 0.336 e. The van der Waals surface area contributed by atoms with Crippen molar-refractivity contribution < 1.29 is 18.7 Å². The highest BCUT2D eigenvalue weighted by Gasteiger charge is 2.31. The van der Waals surface area contributed by atoms with Gasteiger partial charge in [-0.25, -0.2) is 4.79 Å². The Kier molecular flexibility index (Phi) is 5.25. The minimum atomic E-state index is -0.439. The molecule has 1 aliphatic rings. The second kappa shape index (κ2) is 8.24. The van der Waals surface area contributed by atoms with Gasteiger partial charge in [-0.3, -0.25) is 4.79 Å². The molecule has 0 unspecified atom stereocenters. The van der Waals surface area contributed by atoms with Gasteiger partial charge in [-0.2, -0.15) is 0 Å². The van der Waals surface area contributed by atoms with Crippen LogP contribution in [0.3, 0.4) is 0 Å². The van der Waals surface area contributed by atoms with Crippen molar-refractivity contribution in [3.63, 3.8) is 0 Å². The quantitative estimate of drug-likeness (QED) is 0.289. The minimum Gasteiger partial charge on any atom is -0.487 e. The largest absolute Gasteiger partial charge is 0.487 e. The second-order valence-corrected chi connectivity index (χ2v) is 8.84. The zero-order chi connectivity index (χ0) is 23.0. The van der Waals surface area contributed by atoms with Crippen LogP contribution in [-0.4, -0.2) is 18.0 Å². The van der Waals surface area contributed by atoms with Gasteiger partial charge in [0, 0.05) is 28.8 Å². The first-order chi connectivity index (χ1) is 15.9. The first-order valence-corrected chi connectivity index (χ1v) is 11.0. The number of hydrogen-bond acceptors (Lipinski definition) is 5. The van der Waals surface area contributed by atoms with E-state index >= 15 is 0 Å². The van der Waals surface area contributed by atoms with Gasteiger partial charge < -0.3 is 13.9 Å². The van der Waals surface area contributed by atoms with Gasteiger partial charge in [0.05, 0.1) is 5.39 Å². The van der Waals surface area contributed by atoms with E-state index in [1.165, 1.54) is 6.07 Å². The summed E-state index contributed by atoms with van der Waals surface area (Å²) in [6, 6.07) is 21.9. The Hall–Kier alpha value is -3.86. The first-order valence-electron chi connectivity index (χ1n) is 11.0. The van der Waals surface area contributed by atoms with Crippen LogP contribution in [0.15, 0.2) is 82.0 Å². The van der Waals surface area contributed by atoms with E-state index in [0.717, 1.165) is 17.5 Å². The molecule has 5 heteroatoms. The SMILES string of the molecule is CC1(C)CCc2c(cc(OCC(=O)c3ccccc3)c3c(-c4ccccc4)cc(=O)oc23)O1. The Labute approximate surface area is 191 Å². The highest BCUT2D eigenvalue weighted by molar-refractivity contribution is 6.01. The Bertz CT molecular complexity index is 1380. The number of benzene rings is 3. The van der Waals surface area contributed by atoms with Crippen molar-refractivity contribution in [1.29, 1.82) is 0 Å². The maximum absolute atomic E-state index is 12.7. The predicted molar refractivity (Wildman–Crippen MR) is 127 cm³/mol. The van der Waals surface area contributed by atoms with Gasteiger partial charge in [-0.15, -0.1) is 0 Å². The minimum absolute atomic E-state index is 0.138. The Morgan fingerprint density at radius 3 is 2.42 bits per heavy atom. The van der Waals surface area contributed by atoms with Crippen LogP contribution < -0.4 is 15.1 Å². The molecule has 0 N–H and O–H groups in total. The van der Waals surface area contributed by atoms with E-state index in [0.29, 0.717) is 40.0 Å². The molecule has 0 amide bonds.